The van der Waals surface area contributed by atoms with Crippen LogP contribution in [0, 0.1) is 0 Å². The first-order chi connectivity index (χ1) is 3.89. The van der Waals surface area contributed by atoms with Crippen LogP contribution in [0.5, 0.6) is 0 Å². The third-order valence-electron chi connectivity index (χ3n) is 1.80. The normalized spacial score (nSPS) is 22.3. The Morgan fingerprint density at radius 1 is 0.889 bits per heavy atom. The van der Waals surface area contributed by atoms with Crippen molar-refractivity contribution in [2.75, 3.05) is 0 Å². The minimum Gasteiger partial charge on any atom is -0.852 e. The summed E-state index contributed by atoms with van der Waals surface area (Å²) in [6, 6.07) is 0. The van der Waals surface area contributed by atoms with Crippen molar-refractivity contribution >= 4 is 0 Å². The zero-order valence-corrected chi connectivity index (χ0v) is 6.23. The van der Waals surface area contributed by atoms with Crippen LogP contribution in [0.15, 0.2) is 0 Å². The van der Waals surface area contributed by atoms with Gasteiger partial charge in [-0.1, -0.05) is 38.5 Å². The summed E-state index contributed by atoms with van der Waals surface area (Å²) in [5.41, 5.74) is 0. The first-order valence-corrected chi connectivity index (χ1v) is 3.55. The molecule has 0 spiro atoms. The van der Waals surface area contributed by atoms with Crippen molar-refractivity contribution in [3.63, 3.8) is 0 Å². The van der Waals surface area contributed by atoms with Crippen molar-refractivity contribution in [3.05, 3.63) is 0 Å². The van der Waals surface area contributed by atoms with E-state index in [9.17, 15) is 5.11 Å². The molecule has 0 unspecified atom stereocenters. The summed E-state index contributed by atoms with van der Waals surface area (Å²) in [6.07, 6.45) is 6.57. The summed E-state index contributed by atoms with van der Waals surface area (Å²) in [7, 11) is 0. The van der Waals surface area contributed by atoms with Gasteiger partial charge in [-0.2, -0.15) is 0 Å². The molecule has 1 aliphatic rings. The molecule has 0 bridgehead atoms. The van der Waals surface area contributed by atoms with Crippen LogP contribution in [0.4, 0.5) is 0 Å². The summed E-state index contributed by atoms with van der Waals surface area (Å²) in [5, 5.41) is 10.8. The predicted octanol–water partition coefficient (Wildman–Crippen LogP) is -1.93. The molecule has 0 radical (unpaired) electrons. The van der Waals surface area contributed by atoms with E-state index >= 15 is 0 Å². The molecule has 2 heteroatoms. The summed E-state index contributed by atoms with van der Waals surface area (Å²) >= 11 is 0. The van der Waals surface area contributed by atoms with Gasteiger partial charge in [0.2, 0.25) is 0 Å². The Morgan fingerprint density at radius 2 is 1.33 bits per heavy atom. The van der Waals surface area contributed by atoms with Gasteiger partial charge in [0, 0.05) is 0 Å². The molecule has 1 rings (SSSR count). The van der Waals surface area contributed by atoms with Gasteiger partial charge in [-0.15, -0.1) is 6.10 Å². The Balaban J connectivity index is 0.000000640. The Kier molecular flexibility index (Phi) is 5.68. The molecule has 0 saturated heterocycles. The van der Waals surface area contributed by atoms with Crippen molar-refractivity contribution < 1.29 is 24.0 Å². The Morgan fingerprint density at radius 3 is 1.78 bits per heavy atom. The van der Waals surface area contributed by atoms with Crippen LogP contribution >= 0.6 is 0 Å². The molecule has 0 aromatic rings. The van der Waals surface area contributed by atoms with Crippen LogP contribution in [0.3, 0.4) is 0 Å². The first-order valence-electron chi connectivity index (χ1n) is 3.55. The van der Waals surface area contributed by atoms with Crippen molar-refractivity contribution in [3.8, 4) is 0 Å². The van der Waals surface area contributed by atoms with Gasteiger partial charge in [0.15, 0.2) is 0 Å². The van der Waals surface area contributed by atoms with E-state index in [1.165, 1.54) is 25.7 Å². The Labute approximate surface area is 69.0 Å². The van der Waals surface area contributed by atoms with E-state index in [1.54, 1.807) is 0 Å². The van der Waals surface area contributed by atoms with Crippen LogP contribution < -0.4 is 24.0 Å². The fourth-order valence-corrected chi connectivity index (χ4v) is 1.24. The second-order valence-electron chi connectivity index (χ2n) is 2.61. The molecule has 1 aliphatic carbocycles. The minimum atomic E-state index is -0.225. The van der Waals surface area contributed by atoms with E-state index in [2.05, 4.69) is 0 Å². The van der Waals surface area contributed by atoms with Crippen LogP contribution in [-0.4, -0.2) is 6.10 Å². The molecular weight excluding hydrogens is 107 g/mol. The SMILES string of the molecule is [Li+].[O-]C1CCCCCC1. The zero-order valence-electron chi connectivity index (χ0n) is 6.23. The molecule has 9 heavy (non-hydrogen) atoms. The fourth-order valence-electron chi connectivity index (χ4n) is 1.24. The van der Waals surface area contributed by atoms with Crippen molar-refractivity contribution in [1.29, 1.82) is 0 Å². The third kappa shape index (κ3) is 4.03. The second kappa shape index (κ2) is 5.35. The molecule has 0 aromatic carbocycles. The average Bonchev–Trinajstić information content (AvgIpc) is 1.94. The van der Waals surface area contributed by atoms with Gasteiger partial charge in [-0.3, -0.25) is 0 Å². The minimum absolute atomic E-state index is 0. The van der Waals surface area contributed by atoms with Gasteiger partial charge in [0.05, 0.1) is 0 Å². The van der Waals surface area contributed by atoms with Gasteiger partial charge >= 0.3 is 18.9 Å². The first kappa shape index (κ1) is 9.56. The quantitative estimate of drug-likeness (QED) is 0.270. The molecular formula is C7H13LiO. The van der Waals surface area contributed by atoms with E-state index in [-0.39, 0.29) is 25.0 Å². The second-order valence-corrected chi connectivity index (χ2v) is 2.61. The number of hydrogen-bond donors (Lipinski definition) is 0. The van der Waals surface area contributed by atoms with Gasteiger partial charge in [0.1, 0.15) is 0 Å². The maximum absolute atomic E-state index is 10.8. The maximum atomic E-state index is 10.8. The van der Waals surface area contributed by atoms with E-state index in [0.717, 1.165) is 12.8 Å². The van der Waals surface area contributed by atoms with Gasteiger partial charge in [-0.25, -0.2) is 0 Å². The topological polar surface area (TPSA) is 23.1 Å². The maximum Gasteiger partial charge on any atom is 1.00 e. The molecule has 0 aromatic heterocycles. The van der Waals surface area contributed by atoms with E-state index in [4.69, 9.17) is 0 Å². The largest absolute Gasteiger partial charge is 1.00 e. The Hall–Kier alpha value is 0.557. The number of hydrogen-bond acceptors (Lipinski definition) is 1. The van der Waals surface area contributed by atoms with Gasteiger partial charge in [0.25, 0.3) is 0 Å². The van der Waals surface area contributed by atoms with Crippen molar-refractivity contribution in [2.24, 2.45) is 0 Å². The summed E-state index contributed by atoms with van der Waals surface area (Å²) in [4.78, 5) is 0. The van der Waals surface area contributed by atoms with Crippen LogP contribution in [0.2, 0.25) is 0 Å². The van der Waals surface area contributed by atoms with Crippen molar-refractivity contribution in [1.82, 2.24) is 0 Å². The summed E-state index contributed by atoms with van der Waals surface area (Å²) in [6.45, 7) is 0. The average molecular weight is 120 g/mol. The molecule has 0 aliphatic heterocycles. The number of rotatable bonds is 0. The van der Waals surface area contributed by atoms with Crippen LogP contribution in [0.1, 0.15) is 38.5 Å². The molecule has 0 N–H and O–H groups in total. The molecule has 0 atom stereocenters. The smallest absolute Gasteiger partial charge is 0.852 e. The summed E-state index contributed by atoms with van der Waals surface area (Å²) in [5.74, 6) is 0. The molecule has 1 saturated carbocycles. The molecule has 1 fully saturated rings. The zero-order chi connectivity index (χ0) is 5.82. The van der Waals surface area contributed by atoms with E-state index in [1.807, 2.05) is 0 Å². The van der Waals surface area contributed by atoms with E-state index in [0.29, 0.717) is 0 Å². The Bertz CT molecular complexity index is 57.9. The molecule has 0 heterocycles. The summed E-state index contributed by atoms with van der Waals surface area (Å²) < 4.78 is 0. The van der Waals surface area contributed by atoms with Crippen molar-refractivity contribution in [2.45, 2.75) is 44.6 Å². The van der Waals surface area contributed by atoms with Gasteiger partial charge in [-0.05, 0) is 0 Å². The predicted molar refractivity (Wildman–Crippen MR) is 31.5 cm³/mol. The monoisotopic (exact) mass is 120 g/mol. The molecule has 1 nitrogen and oxygen atoms in total. The van der Waals surface area contributed by atoms with Gasteiger partial charge < -0.3 is 5.11 Å². The fraction of sp³-hybridized carbons (Fsp3) is 1.00. The third-order valence-corrected chi connectivity index (χ3v) is 1.80. The molecule has 0 amide bonds. The van der Waals surface area contributed by atoms with Crippen LogP contribution in [-0.2, 0) is 0 Å². The molecule has 48 valence electrons. The standard InChI is InChI=1S/C7H13O.Li/c8-7-5-3-1-2-4-6-7;/h7H,1-6H2;/q-1;+1. The van der Waals surface area contributed by atoms with Crippen LogP contribution in [0.25, 0.3) is 0 Å². The van der Waals surface area contributed by atoms with E-state index < -0.39 is 0 Å².